The molecule has 0 spiro atoms. The van der Waals surface area contributed by atoms with Gasteiger partial charge in [-0.15, -0.1) is 0 Å². The van der Waals surface area contributed by atoms with Crippen LogP contribution in [0.25, 0.3) is 0 Å². The minimum absolute atomic E-state index is 0.327. The van der Waals surface area contributed by atoms with Gasteiger partial charge in [0, 0.05) is 6.04 Å². The number of rotatable bonds is 3. The molecule has 0 saturated heterocycles. The highest BCUT2D eigenvalue weighted by Gasteiger charge is 2.21. The van der Waals surface area contributed by atoms with Crippen molar-refractivity contribution in [1.82, 2.24) is 5.43 Å². The summed E-state index contributed by atoms with van der Waals surface area (Å²) in [5.41, 5.74) is 4.10. The topological polar surface area (TPSA) is 38.0 Å². The van der Waals surface area contributed by atoms with E-state index >= 15 is 0 Å². The van der Waals surface area contributed by atoms with Gasteiger partial charge < -0.3 is 0 Å². The molecule has 0 amide bonds. The van der Waals surface area contributed by atoms with Gasteiger partial charge in [-0.25, -0.2) is 0 Å². The van der Waals surface area contributed by atoms with Gasteiger partial charge in [-0.05, 0) is 25.7 Å². The van der Waals surface area contributed by atoms with Crippen molar-refractivity contribution in [3.05, 3.63) is 12.2 Å². The maximum Gasteiger partial charge on any atom is 0.0442 e. The predicted octanol–water partition coefficient (Wildman–Crippen LogP) is 2.75. The first-order valence-corrected chi connectivity index (χ1v) is 5.87. The molecule has 0 radical (unpaired) electrons. The zero-order chi connectivity index (χ0) is 10.4. The van der Waals surface area contributed by atoms with E-state index in [1.807, 2.05) is 0 Å². The van der Waals surface area contributed by atoms with Crippen molar-refractivity contribution in [3.63, 3.8) is 0 Å². The molecule has 82 valence electrons. The fourth-order valence-corrected chi connectivity index (χ4v) is 2.50. The maximum absolute atomic E-state index is 5.58. The van der Waals surface area contributed by atoms with Crippen molar-refractivity contribution in [2.75, 3.05) is 0 Å². The predicted molar refractivity (Wildman–Crippen MR) is 61.7 cm³/mol. The Hall–Kier alpha value is -0.340. The molecule has 0 heterocycles. The molecular formula is C12H24N2. The van der Waals surface area contributed by atoms with Gasteiger partial charge in [0.15, 0.2) is 0 Å². The zero-order valence-electron chi connectivity index (χ0n) is 9.39. The van der Waals surface area contributed by atoms with Gasteiger partial charge in [-0.1, -0.05) is 44.3 Å². The average Bonchev–Trinajstić information content (AvgIpc) is 2.08. The van der Waals surface area contributed by atoms with E-state index in [1.165, 1.54) is 50.5 Å². The van der Waals surface area contributed by atoms with Crippen molar-refractivity contribution in [3.8, 4) is 0 Å². The van der Waals surface area contributed by atoms with Crippen LogP contribution < -0.4 is 11.3 Å². The second-order valence-corrected chi connectivity index (χ2v) is 4.60. The van der Waals surface area contributed by atoms with Gasteiger partial charge in [0.2, 0.25) is 0 Å². The molecule has 1 fully saturated rings. The first-order valence-electron chi connectivity index (χ1n) is 5.87. The summed E-state index contributed by atoms with van der Waals surface area (Å²) in [7, 11) is 0. The fraction of sp³-hybridized carbons (Fsp3) is 0.833. The summed E-state index contributed by atoms with van der Waals surface area (Å²) in [5.74, 6) is 6.29. The highest BCUT2D eigenvalue weighted by atomic mass is 15.2. The van der Waals surface area contributed by atoms with Crippen LogP contribution in [0.5, 0.6) is 0 Å². The third-order valence-corrected chi connectivity index (χ3v) is 3.33. The molecule has 14 heavy (non-hydrogen) atoms. The molecular weight excluding hydrogens is 172 g/mol. The number of hydrogen-bond acceptors (Lipinski definition) is 2. The summed E-state index contributed by atoms with van der Waals surface area (Å²) < 4.78 is 0. The smallest absolute Gasteiger partial charge is 0.0442 e. The molecule has 3 N–H and O–H groups in total. The van der Waals surface area contributed by atoms with Crippen LogP contribution in [-0.4, -0.2) is 6.04 Å². The van der Waals surface area contributed by atoms with Crippen molar-refractivity contribution in [2.45, 2.75) is 57.9 Å². The Labute approximate surface area is 87.9 Å². The molecule has 1 rings (SSSR count). The number of hydrazine groups is 1. The summed E-state index contributed by atoms with van der Waals surface area (Å²) in [5, 5.41) is 0. The summed E-state index contributed by atoms with van der Waals surface area (Å²) >= 11 is 0. The van der Waals surface area contributed by atoms with E-state index in [0.717, 1.165) is 0 Å². The van der Waals surface area contributed by atoms with Crippen LogP contribution >= 0.6 is 0 Å². The number of nitrogens with two attached hydrogens (primary N) is 1. The summed E-state index contributed by atoms with van der Waals surface area (Å²) in [6, 6.07) is 0.327. The quantitative estimate of drug-likeness (QED) is 0.414. The van der Waals surface area contributed by atoms with E-state index in [2.05, 4.69) is 18.9 Å². The molecule has 2 heteroatoms. The highest BCUT2D eigenvalue weighted by molar-refractivity contribution is 5.03. The first kappa shape index (κ1) is 11.7. The number of hydrogen-bond donors (Lipinski definition) is 2. The molecule has 0 bridgehead atoms. The van der Waals surface area contributed by atoms with Gasteiger partial charge >= 0.3 is 0 Å². The molecule has 2 nitrogen and oxygen atoms in total. The number of nitrogens with one attached hydrogen (secondary N) is 1. The Kier molecular flexibility index (Phi) is 5.20. The van der Waals surface area contributed by atoms with Crippen molar-refractivity contribution in [1.29, 1.82) is 0 Å². The van der Waals surface area contributed by atoms with Crippen LogP contribution in [-0.2, 0) is 0 Å². The van der Waals surface area contributed by atoms with E-state index in [-0.39, 0.29) is 0 Å². The van der Waals surface area contributed by atoms with Crippen LogP contribution in [0, 0.1) is 5.92 Å². The molecule has 0 aromatic heterocycles. The normalized spacial score (nSPS) is 22.4. The molecule has 1 unspecified atom stereocenters. The molecule has 0 aromatic carbocycles. The largest absolute Gasteiger partial charge is 0.271 e. The van der Waals surface area contributed by atoms with Crippen LogP contribution in [0.4, 0.5) is 0 Å². The van der Waals surface area contributed by atoms with E-state index in [0.29, 0.717) is 12.0 Å². The van der Waals surface area contributed by atoms with E-state index in [1.54, 1.807) is 0 Å². The molecule has 1 atom stereocenters. The maximum atomic E-state index is 5.58. The van der Waals surface area contributed by atoms with Gasteiger partial charge in [-0.2, -0.15) is 0 Å². The Morgan fingerprint density at radius 2 is 1.71 bits per heavy atom. The lowest BCUT2D eigenvalue weighted by Gasteiger charge is -2.28. The van der Waals surface area contributed by atoms with Crippen LogP contribution in [0.3, 0.4) is 0 Å². The second kappa shape index (κ2) is 6.20. The van der Waals surface area contributed by atoms with Crippen LogP contribution in [0.15, 0.2) is 12.2 Å². The van der Waals surface area contributed by atoms with Crippen molar-refractivity contribution >= 4 is 0 Å². The van der Waals surface area contributed by atoms with Gasteiger partial charge in [0.25, 0.3) is 0 Å². The highest BCUT2D eigenvalue weighted by Crippen LogP contribution is 2.26. The lowest BCUT2D eigenvalue weighted by Crippen LogP contribution is -2.41. The van der Waals surface area contributed by atoms with Crippen LogP contribution in [0.2, 0.25) is 0 Å². The van der Waals surface area contributed by atoms with Gasteiger partial charge in [0.05, 0.1) is 0 Å². The zero-order valence-corrected chi connectivity index (χ0v) is 9.39. The minimum atomic E-state index is 0.327. The third-order valence-electron chi connectivity index (χ3n) is 3.33. The molecule has 1 saturated carbocycles. The average molecular weight is 196 g/mol. The molecule has 1 aliphatic carbocycles. The van der Waals surface area contributed by atoms with E-state index < -0.39 is 0 Å². The van der Waals surface area contributed by atoms with E-state index in [4.69, 9.17) is 5.84 Å². The molecule has 1 aliphatic rings. The molecule has 0 aliphatic heterocycles. The van der Waals surface area contributed by atoms with Gasteiger partial charge in [0.1, 0.15) is 0 Å². The van der Waals surface area contributed by atoms with Crippen molar-refractivity contribution in [2.24, 2.45) is 11.8 Å². The lowest BCUT2D eigenvalue weighted by atomic mass is 9.84. The molecule has 0 aromatic rings. The SMILES string of the molecule is C=C(C)C(NN)C1CCCCCCC1. The van der Waals surface area contributed by atoms with Gasteiger partial charge in [-0.3, -0.25) is 11.3 Å². The summed E-state index contributed by atoms with van der Waals surface area (Å²) in [6.07, 6.45) is 9.53. The Balaban J connectivity index is 2.48. The Bertz CT molecular complexity index is 169. The minimum Gasteiger partial charge on any atom is -0.271 e. The van der Waals surface area contributed by atoms with E-state index in [9.17, 15) is 0 Å². The van der Waals surface area contributed by atoms with Crippen molar-refractivity contribution < 1.29 is 0 Å². The fourth-order valence-electron chi connectivity index (χ4n) is 2.50. The monoisotopic (exact) mass is 196 g/mol. The first-order chi connectivity index (χ1) is 6.75. The summed E-state index contributed by atoms with van der Waals surface area (Å²) in [4.78, 5) is 0. The second-order valence-electron chi connectivity index (χ2n) is 4.60. The Morgan fingerprint density at radius 3 is 2.14 bits per heavy atom. The van der Waals surface area contributed by atoms with Crippen LogP contribution in [0.1, 0.15) is 51.9 Å². The standard InChI is InChI=1S/C12H24N2/c1-10(2)12(14-13)11-8-6-4-3-5-7-9-11/h11-12,14H,1,3-9,13H2,2H3. The summed E-state index contributed by atoms with van der Waals surface area (Å²) in [6.45, 7) is 6.09. The third kappa shape index (κ3) is 3.43. The Morgan fingerprint density at radius 1 is 1.21 bits per heavy atom. The lowest BCUT2D eigenvalue weighted by molar-refractivity contribution is 0.312.